The Morgan fingerprint density at radius 1 is 0.609 bits per heavy atom. The monoisotopic (exact) mass is 335 g/mol. The van der Waals surface area contributed by atoms with Gasteiger partial charge in [0.15, 0.2) is 0 Å². The fraction of sp³-hybridized carbons (Fsp3) is 0.875. The van der Waals surface area contributed by atoms with Crippen LogP contribution < -0.4 is 5.32 Å². The summed E-state index contributed by atoms with van der Waals surface area (Å²) in [7, 11) is 0. The lowest BCUT2D eigenvalue weighted by molar-refractivity contribution is -0.138. The minimum absolute atomic E-state index is 0.139. The number of carboxylic acid groups (broad SMARTS) is 2. The van der Waals surface area contributed by atoms with Crippen LogP contribution in [0.15, 0.2) is 0 Å². The predicted octanol–water partition coefficient (Wildman–Crippen LogP) is 1.62. The fourth-order valence-corrected chi connectivity index (χ4v) is 1.90. The molecule has 0 aromatic heterocycles. The van der Waals surface area contributed by atoms with Gasteiger partial charge in [-0.3, -0.25) is 9.59 Å². The van der Waals surface area contributed by atoms with Crippen molar-refractivity contribution in [2.24, 2.45) is 0 Å². The predicted molar refractivity (Wildman–Crippen MR) is 88.5 cm³/mol. The zero-order valence-electron chi connectivity index (χ0n) is 14.0. The summed E-state index contributed by atoms with van der Waals surface area (Å²) in [5.41, 5.74) is 0. The molecule has 0 saturated carbocycles. The summed E-state index contributed by atoms with van der Waals surface area (Å²) >= 11 is 0. The first-order valence-corrected chi connectivity index (χ1v) is 8.40. The molecule has 0 radical (unpaired) electrons. The highest BCUT2D eigenvalue weighted by Crippen LogP contribution is 2.10. The average molecular weight is 335 g/mol. The minimum Gasteiger partial charge on any atom is -0.481 e. The molecule has 0 aromatic rings. The van der Waals surface area contributed by atoms with Crippen molar-refractivity contribution in [2.75, 3.05) is 26.3 Å². The van der Waals surface area contributed by atoms with Crippen molar-refractivity contribution in [3.63, 3.8) is 0 Å². The van der Waals surface area contributed by atoms with E-state index in [0.717, 1.165) is 51.4 Å². The highest BCUT2D eigenvalue weighted by atomic mass is 16.4. The lowest BCUT2D eigenvalue weighted by atomic mass is 10.1. The summed E-state index contributed by atoms with van der Waals surface area (Å²) in [5, 5.41) is 35.9. The second-order valence-corrected chi connectivity index (χ2v) is 5.31. The van der Waals surface area contributed by atoms with Crippen molar-refractivity contribution in [3.8, 4) is 0 Å². The van der Waals surface area contributed by atoms with Crippen molar-refractivity contribution in [2.45, 2.75) is 64.2 Å². The molecule has 0 bridgehead atoms. The van der Waals surface area contributed by atoms with Crippen LogP contribution in [0, 0.1) is 0 Å². The third-order valence-corrected chi connectivity index (χ3v) is 3.11. The molecule has 0 unspecified atom stereocenters. The van der Waals surface area contributed by atoms with Gasteiger partial charge >= 0.3 is 11.9 Å². The molecule has 138 valence electrons. The molecule has 0 amide bonds. The van der Waals surface area contributed by atoms with E-state index in [-0.39, 0.29) is 26.1 Å². The van der Waals surface area contributed by atoms with Crippen LogP contribution in [-0.4, -0.2) is 58.7 Å². The number of carbonyl (C=O) groups is 2. The van der Waals surface area contributed by atoms with E-state index in [1.54, 1.807) is 0 Å². The first kappa shape index (κ1) is 24.1. The molecule has 0 aliphatic carbocycles. The van der Waals surface area contributed by atoms with Crippen LogP contribution in [0.2, 0.25) is 0 Å². The van der Waals surface area contributed by atoms with Gasteiger partial charge < -0.3 is 25.7 Å². The molecule has 23 heavy (non-hydrogen) atoms. The Kier molecular flexibility index (Phi) is 21.8. The lowest BCUT2D eigenvalue weighted by Gasteiger charge is -2.00. The van der Waals surface area contributed by atoms with Crippen LogP contribution in [0.3, 0.4) is 0 Å². The average Bonchev–Trinajstić information content (AvgIpc) is 2.50. The zero-order valence-corrected chi connectivity index (χ0v) is 14.0. The third-order valence-electron chi connectivity index (χ3n) is 3.11. The molecule has 0 aromatic carbocycles. The molecule has 5 N–H and O–H groups in total. The molecule has 0 fully saturated rings. The van der Waals surface area contributed by atoms with E-state index in [4.69, 9.17) is 20.4 Å². The Morgan fingerprint density at radius 2 is 0.913 bits per heavy atom. The second-order valence-electron chi connectivity index (χ2n) is 5.31. The Balaban J connectivity index is 0. The van der Waals surface area contributed by atoms with Crippen molar-refractivity contribution < 1.29 is 30.0 Å². The zero-order chi connectivity index (χ0) is 17.8. The van der Waals surface area contributed by atoms with Gasteiger partial charge in [0.1, 0.15) is 0 Å². The van der Waals surface area contributed by atoms with Crippen molar-refractivity contribution >= 4 is 11.9 Å². The van der Waals surface area contributed by atoms with Gasteiger partial charge in [-0.05, 0) is 12.8 Å². The van der Waals surface area contributed by atoms with Gasteiger partial charge in [-0.2, -0.15) is 0 Å². The molecular formula is C16H33NO6. The van der Waals surface area contributed by atoms with Gasteiger partial charge in [-0.25, -0.2) is 0 Å². The van der Waals surface area contributed by atoms with Gasteiger partial charge in [0.25, 0.3) is 0 Å². The number of carboxylic acids is 2. The van der Waals surface area contributed by atoms with Crippen LogP contribution >= 0.6 is 0 Å². The lowest BCUT2D eigenvalue weighted by Crippen LogP contribution is -2.21. The summed E-state index contributed by atoms with van der Waals surface area (Å²) in [4.78, 5) is 20.4. The van der Waals surface area contributed by atoms with Crippen LogP contribution in [0.25, 0.3) is 0 Å². The quantitative estimate of drug-likeness (QED) is 0.288. The van der Waals surface area contributed by atoms with Crippen molar-refractivity contribution in [1.82, 2.24) is 5.32 Å². The number of aliphatic hydroxyl groups excluding tert-OH is 2. The van der Waals surface area contributed by atoms with Gasteiger partial charge in [0.05, 0.1) is 13.2 Å². The Morgan fingerprint density at radius 3 is 1.17 bits per heavy atom. The molecule has 0 atom stereocenters. The largest absolute Gasteiger partial charge is 0.481 e. The first-order valence-electron chi connectivity index (χ1n) is 8.40. The van der Waals surface area contributed by atoms with E-state index >= 15 is 0 Å². The molecule has 0 aliphatic rings. The van der Waals surface area contributed by atoms with Crippen LogP contribution in [0.1, 0.15) is 64.2 Å². The Labute approximate surface area is 138 Å². The maximum absolute atomic E-state index is 10.2. The number of nitrogens with one attached hydrogen (secondary N) is 1. The van der Waals surface area contributed by atoms with E-state index in [2.05, 4.69) is 5.32 Å². The van der Waals surface area contributed by atoms with E-state index in [9.17, 15) is 9.59 Å². The van der Waals surface area contributed by atoms with Crippen LogP contribution in [0.4, 0.5) is 0 Å². The summed E-state index contributed by atoms with van der Waals surface area (Å²) in [6.45, 7) is 1.42. The van der Waals surface area contributed by atoms with E-state index in [1.807, 2.05) is 0 Å². The smallest absolute Gasteiger partial charge is 0.303 e. The maximum atomic E-state index is 10.2. The molecule has 7 nitrogen and oxygen atoms in total. The molecular weight excluding hydrogens is 302 g/mol. The minimum atomic E-state index is -0.714. The van der Waals surface area contributed by atoms with Gasteiger partial charge in [-0.15, -0.1) is 0 Å². The molecule has 7 heteroatoms. The number of aliphatic hydroxyl groups is 2. The van der Waals surface area contributed by atoms with Gasteiger partial charge in [0.2, 0.25) is 0 Å². The van der Waals surface area contributed by atoms with Gasteiger partial charge in [-0.1, -0.05) is 38.5 Å². The standard InChI is InChI=1S/C12H22O4.C4H11NO2/c13-11(14)9-7-5-3-1-2-4-6-8-10-12(15)16;6-3-1-5-2-4-7/h1-10H2,(H,13,14)(H,15,16);5-7H,1-4H2. The van der Waals surface area contributed by atoms with E-state index in [1.165, 1.54) is 0 Å². The fourth-order valence-electron chi connectivity index (χ4n) is 1.90. The Hall–Kier alpha value is -1.18. The SMILES string of the molecule is O=C(O)CCCCCCCCCCC(=O)O.OCCNCCO. The highest BCUT2D eigenvalue weighted by Gasteiger charge is 1.98. The second kappa shape index (κ2) is 20.8. The summed E-state index contributed by atoms with van der Waals surface area (Å²) in [6.07, 6.45) is 8.51. The third kappa shape index (κ3) is 29.5. The Bertz CT molecular complexity index is 247. The van der Waals surface area contributed by atoms with Crippen molar-refractivity contribution in [3.05, 3.63) is 0 Å². The summed E-state index contributed by atoms with van der Waals surface area (Å²) in [5.74, 6) is -1.43. The van der Waals surface area contributed by atoms with E-state index in [0.29, 0.717) is 13.1 Å². The molecule has 0 aliphatic heterocycles. The van der Waals surface area contributed by atoms with Crippen LogP contribution in [-0.2, 0) is 9.59 Å². The molecule has 0 heterocycles. The number of unbranched alkanes of at least 4 members (excludes halogenated alkanes) is 7. The summed E-state index contributed by atoms with van der Waals surface area (Å²) in [6, 6.07) is 0. The number of rotatable bonds is 15. The van der Waals surface area contributed by atoms with Gasteiger partial charge in [0, 0.05) is 25.9 Å². The molecule has 0 saturated heterocycles. The normalized spacial score (nSPS) is 10.0. The molecule has 0 rings (SSSR count). The summed E-state index contributed by atoms with van der Waals surface area (Å²) < 4.78 is 0. The molecule has 0 spiro atoms. The highest BCUT2D eigenvalue weighted by molar-refractivity contribution is 5.66. The van der Waals surface area contributed by atoms with E-state index < -0.39 is 11.9 Å². The number of hydrogen-bond donors (Lipinski definition) is 5. The maximum Gasteiger partial charge on any atom is 0.303 e. The van der Waals surface area contributed by atoms with Crippen molar-refractivity contribution in [1.29, 1.82) is 0 Å². The number of aliphatic carboxylic acids is 2. The topological polar surface area (TPSA) is 127 Å². The first-order chi connectivity index (χ1) is 11.0. The number of hydrogen-bond acceptors (Lipinski definition) is 5. The van der Waals surface area contributed by atoms with Crippen LogP contribution in [0.5, 0.6) is 0 Å².